The molecule has 4 rings (SSSR count). The molecule has 0 aromatic heterocycles. The fraction of sp³-hybridized carbons (Fsp3) is 0.105. The van der Waals surface area contributed by atoms with Crippen LogP contribution in [0, 0.1) is 20.2 Å². The summed E-state index contributed by atoms with van der Waals surface area (Å²) in [5.74, 6) is -1.23. The highest BCUT2D eigenvalue weighted by Gasteiger charge is 2.41. The van der Waals surface area contributed by atoms with Gasteiger partial charge in [-0.25, -0.2) is 0 Å². The number of hydrogen-bond donors (Lipinski definition) is 0. The van der Waals surface area contributed by atoms with Crippen LogP contribution < -0.4 is 0 Å². The van der Waals surface area contributed by atoms with Gasteiger partial charge >= 0.3 is 0 Å². The number of rotatable bonds is 2. The first kappa shape index (κ1) is 19.3. The lowest BCUT2D eigenvalue weighted by Gasteiger charge is -2.32. The van der Waals surface area contributed by atoms with E-state index in [1.54, 1.807) is 0 Å². The molecule has 0 saturated carbocycles. The topological polar surface area (TPSA) is 127 Å². The van der Waals surface area contributed by atoms with Gasteiger partial charge in [-0.05, 0) is 46.6 Å². The number of fused-ring (bicyclic) bond motifs is 3. The number of nitro benzene ring substituents is 2. The van der Waals surface area contributed by atoms with Crippen LogP contribution in [0.3, 0.4) is 0 Å². The molecule has 10 nitrogen and oxygen atoms in total. The van der Waals surface area contributed by atoms with Gasteiger partial charge in [-0.2, -0.15) is 0 Å². The zero-order valence-electron chi connectivity index (χ0n) is 15.6. The first-order chi connectivity index (χ1) is 14.1. The first-order valence-corrected chi connectivity index (χ1v) is 8.96. The van der Waals surface area contributed by atoms with Gasteiger partial charge < -0.3 is 0 Å². The van der Waals surface area contributed by atoms with Gasteiger partial charge in [-0.1, -0.05) is 0 Å². The third kappa shape index (κ3) is 2.59. The van der Waals surface area contributed by atoms with Crippen molar-refractivity contribution in [2.75, 3.05) is 14.1 Å². The average Bonchev–Trinajstić information content (AvgIpc) is 3.04. The van der Waals surface area contributed by atoms with E-state index in [1.807, 2.05) is 0 Å². The minimum absolute atomic E-state index is 0.0418. The van der Waals surface area contributed by atoms with Crippen LogP contribution in [0.25, 0.3) is 16.7 Å². The molecule has 1 fully saturated rings. The summed E-state index contributed by atoms with van der Waals surface area (Å²) in [7, 11) is 2.88. The van der Waals surface area contributed by atoms with Crippen LogP contribution in [0.2, 0.25) is 0 Å². The molecule has 1 aliphatic heterocycles. The number of benzene rings is 2. The molecule has 150 valence electrons. The second-order valence-corrected chi connectivity index (χ2v) is 7.10. The fourth-order valence-electron chi connectivity index (χ4n) is 3.63. The number of thiocarbonyl (C=S) groups is 1. The van der Waals surface area contributed by atoms with Crippen LogP contribution in [-0.4, -0.2) is 50.7 Å². The molecule has 0 N–H and O–H groups in total. The monoisotopic (exact) mass is 424 g/mol. The summed E-state index contributed by atoms with van der Waals surface area (Å²) in [6.07, 6.45) is 0. The van der Waals surface area contributed by atoms with Crippen molar-refractivity contribution >= 4 is 46.1 Å². The van der Waals surface area contributed by atoms with Gasteiger partial charge in [0.1, 0.15) is 5.57 Å². The van der Waals surface area contributed by atoms with Gasteiger partial charge in [-0.3, -0.25) is 39.6 Å². The maximum absolute atomic E-state index is 13.0. The van der Waals surface area contributed by atoms with E-state index >= 15 is 0 Å². The Balaban J connectivity index is 2.09. The Hall–Kier alpha value is -3.99. The molecule has 2 aromatic carbocycles. The van der Waals surface area contributed by atoms with E-state index in [9.17, 15) is 29.8 Å². The van der Waals surface area contributed by atoms with E-state index in [-0.39, 0.29) is 27.6 Å². The molecule has 0 unspecified atom stereocenters. The van der Waals surface area contributed by atoms with Gasteiger partial charge in [0.2, 0.25) is 0 Å². The number of carbonyl (C=O) groups excluding carboxylic acids is 2. The van der Waals surface area contributed by atoms with Crippen molar-refractivity contribution in [3.05, 3.63) is 73.3 Å². The van der Waals surface area contributed by atoms with Gasteiger partial charge in [0.15, 0.2) is 5.11 Å². The maximum Gasteiger partial charge on any atom is 0.270 e. The van der Waals surface area contributed by atoms with E-state index < -0.39 is 21.7 Å². The molecule has 0 spiro atoms. The molecule has 0 atom stereocenters. The Kier molecular flexibility index (Phi) is 4.20. The molecule has 2 aromatic rings. The smallest absolute Gasteiger partial charge is 0.270 e. The van der Waals surface area contributed by atoms with Crippen molar-refractivity contribution < 1.29 is 19.4 Å². The highest BCUT2D eigenvalue weighted by atomic mass is 32.1. The lowest BCUT2D eigenvalue weighted by atomic mass is 9.95. The maximum atomic E-state index is 13.0. The highest BCUT2D eigenvalue weighted by Crippen LogP contribution is 2.48. The quantitative estimate of drug-likeness (QED) is 0.203. The fourth-order valence-corrected chi connectivity index (χ4v) is 3.79. The largest absolute Gasteiger partial charge is 0.288 e. The zero-order valence-corrected chi connectivity index (χ0v) is 16.4. The highest BCUT2D eigenvalue weighted by molar-refractivity contribution is 7.80. The number of nitro groups is 2. The molecule has 2 amide bonds. The lowest BCUT2D eigenvalue weighted by Crippen LogP contribution is -2.53. The van der Waals surface area contributed by atoms with Crippen molar-refractivity contribution in [2.24, 2.45) is 0 Å². The van der Waals surface area contributed by atoms with Crippen molar-refractivity contribution in [3.63, 3.8) is 0 Å². The van der Waals surface area contributed by atoms with E-state index in [0.717, 1.165) is 9.80 Å². The molecular weight excluding hydrogens is 412 g/mol. The molecule has 11 heteroatoms. The molecule has 30 heavy (non-hydrogen) atoms. The summed E-state index contributed by atoms with van der Waals surface area (Å²) in [4.78, 5) is 49.6. The summed E-state index contributed by atoms with van der Waals surface area (Å²) >= 11 is 5.12. The Labute approximate surface area is 174 Å². The third-order valence-corrected chi connectivity index (χ3v) is 5.67. The number of nitrogens with zero attached hydrogens (tertiary/aromatic N) is 4. The number of likely N-dealkylation sites (N-methyl/N-ethyl adjacent to an activating group) is 2. The second-order valence-electron chi connectivity index (χ2n) is 6.73. The molecule has 1 aliphatic carbocycles. The van der Waals surface area contributed by atoms with Crippen molar-refractivity contribution in [1.29, 1.82) is 0 Å². The Morgan fingerprint density at radius 1 is 0.733 bits per heavy atom. The summed E-state index contributed by atoms with van der Waals surface area (Å²) in [6, 6.07) is 7.96. The van der Waals surface area contributed by atoms with Crippen molar-refractivity contribution in [2.45, 2.75) is 0 Å². The summed E-state index contributed by atoms with van der Waals surface area (Å²) in [5.41, 5.74) is 1.17. The summed E-state index contributed by atoms with van der Waals surface area (Å²) in [6.45, 7) is 0. The number of carbonyl (C=O) groups is 2. The third-order valence-electron chi connectivity index (χ3n) is 5.12. The van der Waals surface area contributed by atoms with Gasteiger partial charge in [0.05, 0.1) is 9.85 Å². The molecule has 2 aliphatic rings. The minimum atomic E-state index is -0.617. The number of hydrogen-bond acceptors (Lipinski definition) is 7. The van der Waals surface area contributed by atoms with Gasteiger partial charge in [-0.15, -0.1) is 0 Å². The van der Waals surface area contributed by atoms with E-state index in [0.29, 0.717) is 22.3 Å². The van der Waals surface area contributed by atoms with Crippen LogP contribution in [0.15, 0.2) is 42.0 Å². The predicted molar refractivity (Wildman–Crippen MR) is 109 cm³/mol. The Bertz CT molecular complexity index is 1160. The first-order valence-electron chi connectivity index (χ1n) is 8.55. The minimum Gasteiger partial charge on any atom is -0.288 e. The SMILES string of the molecule is CN1C(=O)C(=C2c3ccc([N+](=O)[O-])cc3-c3cc([N+](=O)[O-])ccc32)C(=O)N(C)C1=S. The van der Waals surface area contributed by atoms with Crippen molar-refractivity contribution in [1.82, 2.24) is 9.80 Å². The molecule has 1 saturated heterocycles. The van der Waals surface area contributed by atoms with Crippen LogP contribution in [0.5, 0.6) is 0 Å². The molecule has 1 heterocycles. The molecular formula is C19H12N4O6S. The second kappa shape index (κ2) is 6.52. The predicted octanol–water partition coefficient (Wildman–Crippen LogP) is 2.50. The lowest BCUT2D eigenvalue weighted by molar-refractivity contribution is -0.385. The Morgan fingerprint density at radius 3 is 1.50 bits per heavy atom. The molecule has 0 bridgehead atoms. The van der Waals surface area contributed by atoms with Crippen molar-refractivity contribution in [3.8, 4) is 11.1 Å². The molecule has 0 radical (unpaired) electrons. The standard InChI is InChI=1S/C19H12N4O6S/c1-20-17(24)16(18(25)21(2)19(20)30)15-11-5-3-9(22(26)27)7-13(11)14-8-10(23(28)29)4-6-12(14)15/h3-8H,1-2H3. The average molecular weight is 424 g/mol. The van der Waals surface area contributed by atoms with Crippen LogP contribution >= 0.6 is 12.2 Å². The van der Waals surface area contributed by atoms with Gasteiger partial charge in [0, 0.05) is 43.9 Å². The van der Waals surface area contributed by atoms with Crippen LogP contribution in [-0.2, 0) is 9.59 Å². The normalized spacial score (nSPS) is 15.5. The zero-order chi connectivity index (χ0) is 21.9. The van der Waals surface area contributed by atoms with E-state index in [4.69, 9.17) is 12.2 Å². The van der Waals surface area contributed by atoms with E-state index in [1.165, 1.54) is 50.5 Å². The number of non-ortho nitro benzene ring substituents is 2. The summed E-state index contributed by atoms with van der Waals surface area (Å²) in [5, 5.41) is 22.5. The Morgan fingerprint density at radius 2 is 1.13 bits per heavy atom. The van der Waals surface area contributed by atoms with Gasteiger partial charge in [0.25, 0.3) is 23.2 Å². The number of amides is 2. The van der Waals surface area contributed by atoms with Crippen LogP contribution in [0.4, 0.5) is 11.4 Å². The van der Waals surface area contributed by atoms with E-state index in [2.05, 4.69) is 0 Å². The summed E-state index contributed by atoms with van der Waals surface area (Å²) < 4.78 is 0. The van der Waals surface area contributed by atoms with Crippen LogP contribution in [0.1, 0.15) is 11.1 Å².